The van der Waals surface area contributed by atoms with Gasteiger partial charge in [0.05, 0.1) is 28.5 Å². The van der Waals surface area contributed by atoms with Crippen molar-refractivity contribution in [2.45, 2.75) is 25.8 Å². The molecule has 1 saturated heterocycles. The second kappa shape index (κ2) is 8.23. The van der Waals surface area contributed by atoms with Crippen LogP contribution in [0.1, 0.15) is 19.8 Å². The summed E-state index contributed by atoms with van der Waals surface area (Å²) in [5.41, 5.74) is 9.29. The van der Waals surface area contributed by atoms with Crippen LogP contribution in [0.4, 0.5) is 27.5 Å². The average molecular weight is 435 g/mol. The Morgan fingerprint density at radius 2 is 2.19 bits per heavy atom. The van der Waals surface area contributed by atoms with Gasteiger partial charge in [0.1, 0.15) is 17.3 Å². The lowest BCUT2D eigenvalue weighted by Crippen LogP contribution is -2.47. The summed E-state index contributed by atoms with van der Waals surface area (Å²) >= 11 is 0. The van der Waals surface area contributed by atoms with E-state index in [2.05, 4.69) is 32.4 Å². The van der Waals surface area contributed by atoms with Crippen molar-refractivity contribution < 1.29 is 4.39 Å². The zero-order valence-corrected chi connectivity index (χ0v) is 18.2. The summed E-state index contributed by atoms with van der Waals surface area (Å²) in [7, 11) is 1.78. The van der Waals surface area contributed by atoms with Gasteiger partial charge in [-0.2, -0.15) is 9.97 Å². The zero-order valence-electron chi connectivity index (χ0n) is 18.2. The second-order valence-electron chi connectivity index (χ2n) is 8.28. The van der Waals surface area contributed by atoms with Crippen molar-refractivity contribution >= 4 is 45.1 Å². The summed E-state index contributed by atoms with van der Waals surface area (Å²) < 4.78 is 14.5. The summed E-state index contributed by atoms with van der Waals surface area (Å²) in [5, 5.41) is 7.90. The molecule has 1 aliphatic rings. The van der Waals surface area contributed by atoms with Gasteiger partial charge < -0.3 is 26.3 Å². The van der Waals surface area contributed by atoms with E-state index in [1.54, 1.807) is 25.5 Å². The Hall–Kier alpha value is -3.46. The van der Waals surface area contributed by atoms with Crippen LogP contribution in [-0.4, -0.2) is 46.1 Å². The molecule has 0 amide bonds. The average Bonchev–Trinajstić information content (AvgIpc) is 3.17. The summed E-state index contributed by atoms with van der Waals surface area (Å²) in [6, 6.07) is 6.96. The highest BCUT2D eigenvalue weighted by atomic mass is 19.1. The van der Waals surface area contributed by atoms with Gasteiger partial charge in [-0.05, 0) is 36.6 Å². The molecule has 0 spiro atoms. The number of aromatic nitrogens is 4. The highest BCUT2D eigenvalue weighted by Gasteiger charge is 2.29. The third-order valence-corrected chi connectivity index (χ3v) is 6.31. The number of nitrogens with two attached hydrogens (primary N) is 1. The molecule has 0 saturated carbocycles. The zero-order chi connectivity index (χ0) is 22.2. The number of fused-ring (bicyclic) bond motifs is 3. The second-order valence-corrected chi connectivity index (χ2v) is 8.28. The van der Waals surface area contributed by atoms with Crippen molar-refractivity contribution in [2.75, 3.05) is 35.7 Å². The van der Waals surface area contributed by atoms with Crippen molar-refractivity contribution in [1.82, 2.24) is 19.9 Å². The van der Waals surface area contributed by atoms with Crippen LogP contribution >= 0.6 is 0 Å². The summed E-state index contributed by atoms with van der Waals surface area (Å²) in [4.78, 5) is 19.4. The van der Waals surface area contributed by atoms with Gasteiger partial charge in [0.15, 0.2) is 0 Å². The Morgan fingerprint density at radius 1 is 1.31 bits per heavy atom. The number of rotatable bonds is 5. The maximum Gasteiger partial charge on any atom is 0.231 e. The third-order valence-electron chi connectivity index (χ3n) is 6.31. The Bertz CT molecular complexity index is 1260. The molecule has 0 unspecified atom stereocenters. The molecule has 1 aliphatic heterocycles. The first-order valence-corrected chi connectivity index (χ1v) is 11.0. The molecule has 5 rings (SSSR count). The number of benzene rings is 1. The lowest BCUT2D eigenvalue weighted by Gasteiger charge is -2.37. The third kappa shape index (κ3) is 3.58. The highest BCUT2D eigenvalue weighted by Crippen LogP contribution is 2.38. The van der Waals surface area contributed by atoms with Crippen LogP contribution in [0.2, 0.25) is 0 Å². The number of nitrogens with zero attached hydrogens (tertiary/aromatic N) is 4. The number of halogens is 1. The Morgan fingerprint density at radius 3 is 2.94 bits per heavy atom. The van der Waals surface area contributed by atoms with Crippen LogP contribution in [0.5, 0.6) is 0 Å². The molecule has 166 valence electrons. The molecule has 1 fully saturated rings. The monoisotopic (exact) mass is 434 g/mol. The van der Waals surface area contributed by atoms with Gasteiger partial charge in [-0.1, -0.05) is 13.3 Å². The number of nitrogens with one attached hydrogen (secondary N) is 3. The molecule has 8 nitrogen and oxygen atoms in total. The first-order chi connectivity index (χ1) is 15.6. The molecule has 0 bridgehead atoms. The summed E-state index contributed by atoms with van der Waals surface area (Å²) in [5.74, 6) is 1.31. The minimum atomic E-state index is -0.307. The standard InChI is InChI=1S/C23H27FN8/c1-3-13-12-32(8-6-17(13)25)22-19-16-9-14(24)10-18(26-2)20(16)29-21(19)30-23(31-22)28-15-5-4-7-27-11-15/h4-5,7,9-11,13,17,26H,3,6,8,12,25H2,1-2H3,(H2,28,29,30,31)/t13-,17-/m1/s1. The fraction of sp³-hybridized carbons (Fsp3) is 0.348. The fourth-order valence-corrected chi connectivity index (χ4v) is 4.57. The Labute approximate surface area is 185 Å². The lowest BCUT2D eigenvalue weighted by atomic mass is 9.90. The number of H-pyrrole nitrogens is 1. The van der Waals surface area contributed by atoms with Gasteiger partial charge in [-0.25, -0.2) is 4.39 Å². The molecule has 9 heteroatoms. The Balaban J connectivity index is 1.70. The van der Waals surface area contributed by atoms with E-state index >= 15 is 0 Å². The van der Waals surface area contributed by atoms with Crippen molar-refractivity contribution in [1.29, 1.82) is 0 Å². The van der Waals surface area contributed by atoms with E-state index in [-0.39, 0.29) is 11.9 Å². The molecular formula is C23H27FN8. The number of piperidine rings is 1. The highest BCUT2D eigenvalue weighted by molar-refractivity contribution is 6.14. The van der Waals surface area contributed by atoms with Crippen LogP contribution in [0.15, 0.2) is 36.7 Å². The van der Waals surface area contributed by atoms with Crippen LogP contribution in [0.25, 0.3) is 21.9 Å². The predicted octanol–water partition coefficient (Wildman–Crippen LogP) is 3.99. The normalized spacial score (nSPS) is 18.9. The quantitative estimate of drug-likeness (QED) is 0.376. The van der Waals surface area contributed by atoms with Crippen molar-refractivity contribution in [2.24, 2.45) is 11.7 Å². The van der Waals surface area contributed by atoms with Gasteiger partial charge >= 0.3 is 0 Å². The number of anilines is 4. The van der Waals surface area contributed by atoms with E-state index in [1.807, 2.05) is 12.1 Å². The maximum absolute atomic E-state index is 14.5. The van der Waals surface area contributed by atoms with Gasteiger partial charge in [0.25, 0.3) is 0 Å². The van der Waals surface area contributed by atoms with E-state index in [1.165, 1.54) is 6.07 Å². The van der Waals surface area contributed by atoms with Crippen molar-refractivity contribution in [3.05, 3.63) is 42.5 Å². The minimum absolute atomic E-state index is 0.179. The number of aromatic amines is 1. The van der Waals surface area contributed by atoms with Gasteiger partial charge in [0.2, 0.25) is 5.95 Å². The molecule has 0 radical (unpaired) electrons. The smallest absolute Gasteiger partial charge is 0.231 e. The first kappa shape index (κ1) is 20.4. The number of hydrogen-bond acceptors (Lipinski definition) is 7. The molecule has 5 N–H and O–H groups in total. The summed E-state index contributed by atoms with van der Waals surface area (Å²) in [6.07, 6.45) is 5.32. The van der Waals surface area contributed by atoms with Crippen LogP contribution in [-0.2, 0) is 0 Å². The number of hydrogen-bond donors (Lipinski definition) is 4. The molecule has 32 heavy (non-hydrogen) atoms. The van der Waals surface area contributed by atoms with Crippen LogP contribution in [0.3, 0.4) is 0 Å². The van der Waals surface area contributed by atoms with Crippen LogP contribution < -0.4 is 21.3 Å². The first-order valence-electron chi connectivity index (χ1n) is 11.0. The van der Waals surface area contributed by atoms with E-state index in [0.717, 1.165) is 53.7 Å². The van der Waals surface area contributed by atoms with Gasteiger partial charge in [-0.15, -0.1) is 0 Å². The van der Waals surface area contributed by atoms with Gasteiger partial charge in [0, 0.05) is 37.8 Å². The molecule has 3 aromatic heterocycles. The Kier molecular flexibility index (Phi) is 5.26. The van der Waals surface area contributed by atoms with E-state index in [4.69, 9.17) is 15.7 Å². The van der Waals surface area contributed by atoms with E-state index in [0.29, 0.717) is 23.2 Å². The molecule has 1 aromatic carbocycles. The molecule has 4 aromatic rings. The SMILES string of the molecule is CC[C@@H]1CN(c2nc(Nc3cccnc3)nc3[nH]c4c(NC)cc(F)cc4c23)CC[C@H]1N. The van der Waals surface area contributed by atoms with E-state index in [9.17, 15) is 4.39 Å². The van der Waals surface area contributed by atoms with Crippen molar-refractivity contribution in [3.8, 4) is 0 Å². The molecule has 0 aliphatic carbocycles. The van der Waals surface area contributed by atoms with Crippen LogP contribution in [0, 0.1) is 11.7 Å². The topological polar surface area (TPSA) is 108 Å². The largest absolute Gasteiger partial charge is 0.386 e. The maximum atomic E-state index is 14.5. The lowest BCUT2D eigenvalue weighted by molar-refractivity contribution is 0.347. The molecule has 4 heterocycles. The minimum Gasteiger partial charge on any atom is -0.386 e. The number of pyridine rings is 1. The fourth-order valence-electron chi connectivity index (χ4n) is 4.57. The van der Waals surface area contributed by atoms with Gasteiger partial charge in [-0.3, -0.25) is 4.98 Å². The van der Waals surface area contributed by atoms with E-state index < -0.39 is 0 Å². The van der Waals surface area contributed by atoms with Crippen molar-refractivity contribution in [3.63, 3.8) is 0 Å². The molecule has 2 atom stereocenters. The molecular weight excluding hydrogens is 407 g/mol. The summed E-state index contributed by atoms with van der Waals surface area (Å²) in [6.45, 7) is 3.76. The predicted molar refractivity (Wildman–Crippen MR) is 127 cm³/mol.